The van der Waals surface area contributed by atoms with Gasteiger partial charge in [0, 0.05) is 35.4 Å². The van der Waals surface area contributed by atoms with Crippen LogP contribution in [0.25, 0.3) is 0 Å². The largest absolute Gasteiger partial charge is 0.349 e. The van der Waals surface area contributed by atoms with Crippen LogP contribution in [0.15, 0.2) is 54.6 Å². The molecule has 136 valence electrons. The number of carbonyl (C=O) groups excluding carboxylic acids is 2. The minimum absolute atomic E-state index is 0.0161. The van der Waals surface area contributed by atoms with Crippen LogP contribution in [0.3, 0.4) is 0 Å². The molecule has 1 aliphatic heterocycles. The highest BCUT2D eigenvalue weighted by atomic mass is 35.5. The molecule has 1 aliphatic rings. The fourth-order valence-corrected chi connectivity index (χ4v) is 3.25. The lowest BCUT2D eigenvalue weighted by molar-refractivity contribution is -0.117. The van der Waals surface area contributed by atoms with E-state index in [0.29, 0.717) is 17.1 Å². The third kappa shape index (κ3) is 5.31. The Labute approximate surface area is 158 Å². The molecule has 0 aliphatic carbocycles. The molecule has 26 heavy (non-hydrogen) atoms. The number of benzene rings is 2. The highest BCUT2D eigenvalue weighted by Gasteiger charge is 2.22. The molecule has 3 rings (SSSR count). The summed E-state index contributed by atoms with van der Waals surface area (Å²) < 4.78 is 0. The number of carbonyl (C=O) groups is 2. The van der Waals surface area contributed by atoms with Gasteiger partial charge in [-0.2, -0.15) is 0 Å². The third-order valence-corrected chi connectivity index (χ3v) is 4.67. The van der Waals surface area contributed by atoms with Crippen LogP contribution in [0, 0.1) is 0 Å². The van der Waals surface area contributed by atoms with Crippen LogP contribution in [0.4, 0.5) is 5.69 Å². The summed E-state index contributed by atoms with van der Waals surface area (Å²) >= 11 is 5.93. The summed E-state index contributed by atoms with van der Waals surface area (Å²) in [4.78, 5) is 26.5. The molecule has 2 N–H and O–H groups in total. The van der Waals surface area contributed by atoms with E-state index >= 15 is 0 Å². The molecule has 0 atom stereocenters. The molecule has 0 aromatic heterocycles. The monoisotopic (exact) mass is 371 g/mol. The maximum atomic E-state index is 12.3. The zero-order chi connectivity index (χ0) is 18.4. The topological polar surface area (TPSA) is 61.4 Å². The van der Waals surface area contributed by atoms with Crippen molar-refractivity contribution in [1.82, 2.24) is 10.2 Å². The number of halogens is 1. The quantitative estimate of drug-likeness (QED) is 0.848. The Bertz CT molecular complexity index is 759. The first-order valence-corrected chi connectivity index (χ1v) is 9.11. The van der Waals surface area contributed by atoms with Gasteiger partial charge in [0.15, 0.2) is 0 Å². The van der Waals surface area contributed by atoms with Gasteiger partial charge in [-0.15, -0.1) is 0 Å². The van der Waals surface area contributed by atoms with Gasteiger partial charge in [0.2, 0.25) is 5.91 Å². The molecule has 0 bridgehead atoms. The molecule has 0 unspecified atom stereocenters. The van der Waals surface area contributed by atoms with Crippen molar-refractivity contribution < 1.29 is 9.59 Å². The first kappa shape index (κ1) is 18.4. The summed E-state index contributed by atoms with van der Waals surface area (Å²) in [6, 6.07) is 16.5. The van der Waals surface area contributed by atoms with Crippen LogP contribution >= 0.6 is 11.6 Å². The molecule has 2 amide bonds. The zero-order valence-corrected chi connectivity index (χ0v) is 15.2. The summed E-state index contributed by atoms with van der Waals surface area (Å²) in [6.07, 6.45) is 1.65. The van der Waals surface area contributed by atoms with E-state index in [1.165, 1.54) is 0 Å². The number of hydrogen-bond donors (Lipinski definition) is 2. The number of amides is 2. The van der Waals surface area contributed by atoms with E-state index in [0.717, 1.165) is 31.6 Å². The van der Waals surface area contributed by atoms with Gasteiger partial charge in [-0.05, 0) is 43.2 Å². The lowest BCUT2D eigenvalue weighted by Crippen LogP contribution is -2.46. The second-order valence-corrected chi connectivity index (χ2v) is 6.88. The maximum absolute atomic E-state index is 12.3. The number of anilines is 1. The van der Waals surface area contributed by atoms with Gasteiger partial charge in [-0.1, -0.05) is 35.9 Å². The molecule has 0 spiro atoms. The van der Waals surface area contributed by atoms with E-state index in [1.54, 1.807) is 24.3 Å². The van der Waals surface area contributed by atoms with E-state index in [9.17, 15) is 9.59 Å². The van der Waals surface area contributed by atoms with Gasteiger partial charge in [0.1, 0.15) is 0 Å². The van der Waals surface area contributed by atoms with Gasteiger partial charge < -0.3 is 10.6 Å². The molecule has 1 heterocycles. The molecule has 0 radical (unpaired) electrons. The highest BCUT2D eigenvalue weighted by molar-refractivity contribution is 6.30. The van der Waals surface area contributed by atoms with Gasteiger partial charge >= 0.3 is 0 Å². The van der Waals surface area contributed by atoms with Gasteiger partial charge in [0.05, 0.1) is 6.54 Å². The lowest BCUT2D eigenvalue weighted by Gasteiger charge is -2.31. The Morgan fingerprint density at radius 3 is 2.46 bits per heavy atom. The van der Waals surface area contributed by atoms with Crippen LogP contribution in [-0.2, 0) is 4.79 Å². The molecule has 1 saturated heterocycles. The van der Waals surface area contributed by atoms with Gasteiger partial charge in [-0.3, -0.25) is 14.5 Å². The number of nitrogens with zero attached hydrogens (tertiary/aromatic N) is 1. The van der Waals surface area contributed by atoms with Crippen molar-refractivity contribution in [1.29, 1.82) is 0 Å². The van der Waals surface area contributed by atoms with Gasteiger partial charge in [0.25, 0.3) is 5.91 Å². The number of hydrogen-bond acceptors (Lipinski definition) is 3. The smallest absolute Gasteiger partial charge is 0.251 e. The summed E-state index contributed by atoms with van der Waals surface area (Å²) in [6.45, 7) is 1.93. The van der Waals surface area contributed by atoms with Crippen LogP contribution in [0.5, 0.6) is 0 Å². The molecule has 0 saturated carbocycles. The molecule has 1 fully saturated rings. The highest BCUT2D eigenvalue weighted by Crippen LogP contribution is 2.14. The van der Waals surface area contributed by atoms with E-state index in [1.807, 2.05) is 30.3 Å². The van der Waals surface area contributed by atoms with Crippen molar-refractivity contribution in [3.63, 3.8) is 0 Å². The minimum atomic E-state index is -0.104. The van der Waals surface area contributed by atoms with Crippen molar-refractivity contribution >= 4 is 29.1 Å². The van der Waals surface area contributed by atoms with E-state index < -0.39 is 0 Å². The number of nitrogens with one attached hydrogen (secondary N) is 2. The number of piperidine rings is 1. The predicted molar refractivity (Wildman–Crippen MR) is 103 cm³/mol. The van der Waals surface area contributed by atoms with Gasteiger partial charge in [-0.25, -0.2) is 0 Å². The zero-order valence-electron chi connectivity index (χ0n) is 14.5. The van der Waals surface area contributed by atoms with E-state index in [4.69, 9.17) is 11.6 Å². The minimum Gasteiger partial charge on any atom is -0.349 e. The molecule has 5 nitrogen and oxygen atoms in total. The summed E-state index contributed by atoms with van der Waals surface area (Å²) in [5.74, 6) is -0.120. The molecule has 2 aromatic carbocycles. The second kappa shape index (κ2) is 8.83. The SMILES string of the molecule is O=C(CN1CCC(NC(=O)c2cccc(Cl)c2)CC1)Nc1ccccc1. The molecule has 6 heteroatoms. The van der Waals surface area contributed by atoms with E-state index in [-0.39, 0.29) is 17.9 Å². The first-order chi connectivity index (χ1) is 12.6. The third-order valence-electron chi connectivity index (χ3n) is 4.43. The fourth-order valence-electron chi connectivity index (χ4n) is 3.06. The Kier molecular flexibility index (Phi) is 6.26. The number of para-hydroxylation sites is 1. The van der Waals surface area contributed by atoms with Crippen LogP contribution < -0.4 is 10.6 Å². The summed E-state index contributed by atoms with van der Waals surface area (Å²) in [7, 11) is 0. The average molecular weight is 372 g/mol. The lowest BCUT2D eigenvalue weighted by atomic mass is 10.0. The summed E-state index contributed by atoms with van der Waals surface area (Å²) in [5.41, 5.74) is 1.38. The van der Waals surface area contributed by atoms with Crippen LogP contribution in [-0.4, -0.2) is 42.4 Å². The van der Waals surface area contributed by atoms with Crippen molar-refractivity contribution in [3.05, 3.63) is 65.2 Å². The number of likely N-dealkylation sites (tertiary alicyclic amines) is 1. The fraction of sp³-hybridized carbons (Fsp3) is 0.300. The normalized spacial score (nSPS) is 15.4. The summed E-state index contributed by atoms with van der Waals surface area (Å²) in [5, 5.41) is 6.50. The molecule has 2 aromatic rings. The van der Waals surface area contributed by atoms with E-state index in [2.05, 4.69) is 15.5 Å². The van der Waals surface area contributed by atoms with Crippen molar-refractivity contribution in [2.45, 2.75) is 18.9 Å². The molecular weight excluding hydrogens is 350 g/mol. The van der Waals surface area contributed by atoms with Crippen LogP contribution in [0.1, 0.15) is 23.2 Å². The Balaban J connectivity index is 1.42. The second-order valence-electron chi connectivity index (χ2n) is 6.45. The van der Waals surface area contributed by atoms with Crippen LogP contribution in [0.2, 0.25) is 5.02 Å². The predicted octanol–water partition coefficient (Wildman–Crippen LogP) is 3.17. The Morgan fingerprint density at radius 2 is 1.77 bits per heavy atom. The maximum Gasteiger partial charge on any atom is 0.251 e. The first-order valence-electron chi connectivity index (χ1n) is 8.74. The average Bonchev–Trinajstić information content (AvgIpc) is 2.64. The molecular formula is C20H22ClN3O2. The van der Waals surface area contributed by atoms with Crippen molar-refractivity contribution in [2.24, 2.45) is 0 Å². The Morgan fingerprint density at radius 1 is 1.04 bits per heavy atom. The van der Waals surface area contributed by atoms with Crippen molar-refractivity contribution in [3.8, 4) is 0 Å². The van der Waals surface area contributed by atoms with Crippen molar-refractivity contribution in [2.75, 3.05) is 25.0 Å². The number of rotatable bonds is 5. The standard InChI is InChI=1S/C20H22ClN3O2/c21-16-6-4-5-15(13-16)20(26)23-18-9-11-24(12-10-18)14-19(25)22-17-7-2-1-3-8-17/h1-8,13,18H,9-12,14H2,(H,22,25)(H,23,26). The Hall–Kier alpha value is -2.37.